The molecule has 0 bridgehead atoms. The van der Waals surface area contributed by atoms with Crippen LogP contribution in [0.2, 0.25) is 8.87 Å². The molecule has 25 heavy (non-hydrogen) atoms. The molecule has 0 saturated heterocycles. The second kappa shape index (κ2) is 13.2. The Kier molecular flexibility index (Phi) is 11.3. The summed E-state index contributed by atoms with van der Waals surface area (Å²) >= 11 is 6.99. The molecular weight excluding hydrogens is 547 g/mol. The van der Waals surface area contributed by atoms with Crippen LogP contribution in [0.5, 0.6) is 5.75 Å². The van der Waals surface area contributed by atoms with E-state index in [-0.39, 0.29) is 21.1 Å². The summed E-state index contributed by atoms with van der Waals surface area (Å²) in [5.41, 5.74) is 2.49. The van der Waals surface area contributed by atoms with Crippen LogP contribution in [0, 0.1) is 0 Å². The van der Waals surface area contributed by atoms with Gasteiger partial charge in [0.25, 0.3) is 0 Å². The molecule has 2 aromatic carbocycles. The van der Waals surface area contributed by atoms with Crippen molar-refractivity contribution in [3.05, 3.63) is 54.6 Å². The average Bonchev–Trinajstić information content (AvgIpc) is 2.64. The molecule has 134 valence electrons. The number of hydrogen-bond donors (Lipinski definition) is 0. The first-order valence-corrected chi connectivity index (χ1v) is 14.9. The Balaban J connectivity index is 1.52. The van der Waals surface area contributed by atoms with Gasteiger partial charge in [-0.25, -0.2) is 0 Å². The number of unbranched alkanes of at least 4 members (excludes halogenated alkanes) is 2. The third-order valence-corrected chi connectivity index (χ3v) is 8.96. The van der Waals surface area contributed by atoms with Crippen molar-refractivity contribution >= 4 is 53.0 Å². The number of hydrogen-bond acceptors (Lipinski definition) is 1. The molecule has 2 rings (SSSR count). The molecule has 0 aliphatic rings. The van der Waals surface area contributed by atoms with Crippen molar-refractivity contribution < 1.29 is 4.74 Å². The summed E-state index contributed by atoms with van der Waals surface area (Å²) in [6, 6.07) is 18.9. The van der Waals surface area contributed by atoms with E-state index in [1.165, 1.54) is 52.1 Å². The van der Waals surface area contributed by atoms with Crippen LogP contribution >= 0.6 is 31.9 Å². The molecule has 0 atom stereocenters. The second-order valence-electron chi connectivity index (χ2n) is 6.08. The van der Waals surface area contributed by atoms with Crippen molar-refractivity contribution in [3.63, 3.8) is 0 Å². The molecule has 2 radical (unpaired) electrons. The van der Waals surface area contributed by atoms with Crippen LogP contribution in [0.1, 0.15) is 32.1 Å². The third kappa shape index (κ3) is 9.48. The molecule has 4 heteroatoms. The van der Waals surface area contributed by atoms with E-state index < -0.39 is 0 Å². The fourth-order valence-electron chi connectivity index (χ4n) is 2.60. The van der Waals surface area contributed by atoms with Crippen molar-refractivity contribution in [3.8, 4) is 16.9 Å². The summed E-state index contributed by atoms with van der Waals surface area (Å²) < 4.78 is 9.42. The number of ether oxygens (including phenoxy) is 1. The van der Waals surface area contributed by atoms with Gasteiger partial charge >= 0.3 is 162 Å². The minimum atomic E-state index is -0.0947. The van der Waals surface area contributed by atoms with Crippen molar-refractivity contribution in [2.75, 3.05) is 6.61 Å². The number of alkyl halides is 2. The summed E-state index contributed by atoms with van der Waals surface area (Å²) in [6.07, 6.45) is 6.52. The Morgan fingerprint density at radius 2 is 1.44 bits per heavy atom. The summed E-state index contributed by atoms with van der Waals surface area (Å²) in [6.45, 7) is 0.838. The average molecular weight is 573 g/mol. The molecular formula is C21H26Br2OSn. The van der Waals surface area contributed by atoms with Gasteiger partial charge in [0.15, 0.2) is 0 Å². The zero-order valence-corrected chi connectivity index (χ0v) is 20.6. The molecule has 0 aliphatic heterocycles. The van der Waals surface area contributed by atoms with E-state index in [4.69, 9.17) is 4.74 Å². The van der Waals surface area contributed by atoms with E-state index in [1.807, 2.05) is 6.07 Å². The monoisotopic (exact) mass is 572 g/mol. The van der Waals surface area contributed by atoms with E-state index >= 15 is 0 Å². The fraction of sp³-hybridized carbons (Fsp3) is 0.429. The Morgan fingerprint density at radius 1 is 0.760 bits per heavy atom. The van der Waals surface area contributed by atoms with Gasteiger partial charge in [0, 0.05) is 0 Å². The summed E-state index contributed by atoms with van der Waals surface area (Å²) in [5, 5.41) is 0. The van der Waals surface area contributed by atoms with Crippen LogP contribution < -0.4 is 4.74 Å². The van der Waals surface area contributed by atoms with E-state index in [0.717, 1.165) is 12.4 Å². The SMILES string of the molecule is BrC(Br)CC[CH2][Sn][CH2]CCCCOc1ccc(-c2ccccc2)cc1. The molecule has 0 aromatic heterocycles. The van der Waals surface area contributed by atoms with E-state index in [2.05, 4.69) is 80.4 Å². The van der Waals surface area contributed by atoms with Gasteiger partial charge in [-0.05, 0) is 0 Å². The molecule has 0 saturated carbocycles. The maximum absolute atomic E-state index is 5.87. The normalized spacial score (nSPS) is 11.0. The number of halogens is 2. The van der Waals surface area contributed by atoms with Gasteiger partial charge in [0.05, 0.1) is 0 Å². The first kappa shape index (κ1) is 21.3. The predicted molar refractivity (Wildman–Crippen MR) is 117 cm³/mol. The Morgan fingerprint density at radius 3 is 2.16 bits per heavy atom. The molecule has 0 amide bonds. The number of benzene rings is 2. The molecule has 0 spiro atoms. The molecule has 0 fully saturated rings. The van der Waals surface area contributed by atoms with Crippen LogP contribution in [0.15, 0.2) is 54.6 Å². The molecule has 0 aliphatic carbocycles. The van der Waals surface area contributed by atoms with Crippen molar-refractivity contribution in [1.29, 1.82) is 0 Å². The molecule has 0 unspecified atom stereocenters. The van der Waals surface area contributed by atoms with Crippen LogP contribution in [0.4, 0.5) is 0 Å². The van der Waals surface area contributed by atoms with Gasteiger partial charge in [-0.1, -0.05) is 18.2 Å². The first-order valence-electron chi connectivity index (χ1n) is 9.03. The van der Waals surface area contributed by atoms with Gasteiger partial charge in [0.1, 0.15) is 0 Å². The molecule has 1 nitrogen and oxygen atoms in total. The zero-order valence-electron chi connectivity index (χ0n) is 14.6. The van der Waals surface area contributed by atoms with Gasteiger partial charge in [-0.15, -0.1) is 0 Å². The summed E-state index contributed by atoms with van der Waals surface area (Å²) in [4.78, 5) is 0. The summed E-state index contributed by atoms with van der Waals surface area (Å²) in [7, 11) is 0. The second-order valence-corrected chi connectivity index (χ2v) is 13.8. The number of rotatable bonds is 12. The van der Waals surface area contributed by atoms with E-state index in [1.54, 1.807) is 0 Å². The quantitative estimate of drug-likeness (QED) is 0.147. The van der Waals surface area contributed by atoms with Gasteiger partial charge in [0.2, 0.25) is 0 Å². The molecule has 0 N–H and O–H groups in total. The maximum atomic E-state index is 5.87. The Hall–Kier alpha value is -0.00130. The zero-order chi connectivity index (χ0) is 17.7. The van der Waals surface area contributed by atoms with Crippen molar-refractivity contribution in [1.82, 2.24) is 0 Å². The van der Waals surface area contributed by atoms with Crippen LogP contribution in [-0.4, -0.2) is 31.5 Å². The van der Waals surface area contributed by atoms with Gasteiger partial charge in [-0.2, -0.15) is 0 Å². The van der Waals surface area contributed by atoms with Crippen molar-refractivity contribution in [2.24, 2.45) is 0 Å². The standard InChI is InChI=1S/C17H19O.C4H7Br2.Sn/c1-2-3-7-14-18-17-12-10-16(11-13-17)15-8-5-4-6-9-15;1-2-3-4(5)6;/h4-6,8-13H,1-3,7,14H2;4H,1-3H2;. The first-order chi connectivity index (χ1) is 12.3. The van der Waals surface area contributed by atoms with Crippen LogP contribution in [0.25, 0.3) is 11.1 Å². The Bertz CT molecular complexity index is 572. The van der Waals surface area contributed by atoms with Crippen LogP contribution in [-0.2, 0) is 0 Å². The predicted octanol–water partition coefficient (Wildman–Crippen LogP) is 7.34. The van der Waals surface area contributed by atoms with Crippen molar-refractivity contribution in [2.45, 2.75) is 44.7 Å². The summed E-state index contributed by atoms with van der Waals surface area (Å²) in [5.74, 6) is 0.982. The van der Waals surface area contributed by atoms with E-state index in [0.29, 0.717) is 3.74 Å². The van der Waals surface area contributed by atoms with Gasteiger partial charge < -0.3 is 0 Å². The third-order valence-electron chi connectivity index (χ3n) is 4.00. The fourth-order valence-corrected chi connectivity index (χ4v) is 6.68. The van der Waals surface area contributed by atoms with Gasteiger partial charge in [-0.3, -0.25) is 0 Å². The topological polar surface area (TPSA) is 9.23 Å². The van der Waals surface area contributed by atoms with E-state index in [9.17, 15) is 0 Å². The Labute approximate surface area is 179 Å². The van der Waals surface area contributed by atoms with Crippen LogP contribution in [0.3, 0.4) is 0 Å². The molecule has 2 aromatic rings. The minimum absolute atomic E-state index is 0.0947. The molecule has 0 heterocycles.